The molecule has 5 heterocycles. The molecule has 6 rings (SSSR count). The lowest BCUT2D eigenvalue weighted by atomic mass is 9.86. The molecule has 192 valence electrons. The van der Waals surface area contributed by atoms with Crippen LogP contribution in [0.25, 0.3) is 22.3 Å². The van der Waals surface area contributed by atoms with Crippen molar-refractivity contribution < 1.29 is 19.4 Å². The summed E-state index contributed by atoms with van der Waals surface area (Å²) in [4.78, 5) is 43.1. The minimum Gasteiger partial charge on any atom is -0.458 e. The number of hydrogen-bond acceptors (Lipinski definition) is 8. The Labute approximate surface area is 218 Å². The van der Waals surface area contributed by atoms with E-state index in [2.05, 4.69) is 15.8 Å². The fraction of sp³-hybridized carbons (Fsp3) is 0.346. The second kappa shape index (κ2) is 9.37. The van der Waals surface area contributed by atoms with Gasteiger partial charge in [-0.3, -0.25) is 9.59 Å². The van der Waals surface area contributed by atoms with Crippen LogP contribution in [0, 0.1) is 0 Å². The standard InChI is InChI=1S/C26H25N5O5.ClH/c1-2-26(35)18-10-21-22-16(12-31(21)24(33)17(18)13-36-25(26)34)15(14-6-3-4-7-19(14)29-22)11-28-30-23(32)20-8-5-9-27-20;/h3-4,6-7,10-11,20,27,35H,2,5,8-9,12-13H2,1H3,(H,30,32);1H/t20?,26-;/m0./s1. The van der Waals surface area contributed by atoms with E-state index in [1.54, 1.807) is 23.8 Å². The molecule has 2 aromatic heterocycles. The Bertz CT molecular complexity index is 1530. The van der Waals surface area contributed by atoms with Crippen molar-refractivity contribution in [1.82, 2.24) is 20.3 Å². The van der Waals surface area contributed by atoms with E-state index in [1.165, 1.54) is 0 Å². The number of aliphatic hydroxyl groups is 1. The van der Waals surface area contributed by atoms with Gasteiger partial charge in [-0.15, -0.1) is 12.4 Å². The van der Waals surface area contributed by atoms with Crippen molar-refractivity contribution in [3.63, 3.8) is 0 Å². The van der Waals surface area contributed by atoms with Crippen molar-refractivity contribution in [2.75, 3.05) is 6.54 Å². The van der Waals surface area contributed by atoms with E-state index in [4.69, 9.17) is 9.72 Å². The zero-order chi connectivity index (χ0) is 25.0. The van der Waals surface area contributed by atoms with E-state index in [9.17, 15) is 19.5 Å². The number of fused-ring (bicyclic) bond motifs is 5. The number of hydrogen-bond donors (Lipinski definition) is 3. The van der Waals surface area contributed by atoms with Crippen LogP contribution in [-0.4, -0.2) is 45.3 Å². The first-order valence-corrected chi connectivity index (χ1v) is 12.1. The number of halogens is 1. The second-order valence-corrected chi connectivity index (χ2v) is 9.36. The molecule has 1 saturated heterocycles. The summed E-state index contributed by atoms with van der Waals surface area (Å²) in [7, 11) is 0. The number of nitrogens with zero attached hydrogens (tertiary/aromatic N) is 3. The number of para-hydroxylation sites is 1. The summed E-state index contributed by atoms with van der Waals surface area (Å²) in [6.45, 7) is 2.54. The molecule has 1 amide bonds. The molecular weight excluding hydrogens is 498 g/mol. The van der Waals surface area contributed by atoms with Crippen LogP contribution in [-0.2, 0) is 33.1 Å². The van der Waals surface area contributed by atoms with Crippen molar-refractivity contribution in [2.45, 2.75) is 51.0 Å². The topological polar surface area (TPSA) is 135 Å². The first-order valence-electron chi connectivity index (χ1n) is 12.1. The number of hydrazone groups is 1. The van der Waals surface area contributed by atoms with Crippen LogP contribution in [0.4, 0.5) is 0 Å². The number of aromatic nitrogens is 2. The first kappa shape index (κ1) is 25.1. The average Bonchev–Trinajstić information content (AvgIpc) is 3.55. The number of carbonyl (C=O) groups excluding carboxylic acids is 2. The number of amides is 1. The minimum absolute atomic E-state index is 0. The van der Waals surface area contributed by atoms with Gasteiger partial charge in [0.05, 0.1) is 41.3 Å². The fourth-order valence-corrected chi connectivity index (χ4v) is 5.35. The normalized spacial score (nSPS) is 21.8. The van der Waals surface area contributed by atoms with Crippen molar-refractivity contribution in [3.05, 3.63) is 62.9 Å². The minimum atomic E-state index is -1.88. The van der Waals surface area contributed by atoms with E-state index in [1.807, 2.05) is 24.3 Å². The van der Waals surface area contributed by atoms with Crippen molar-refractivity contribution in [1.29, 1.82) is 0 Å². The van der Waals surface area contributed by atoms with Gasteiger partial charge in [-0.25, -0.2) is 15.2 Å². The van der Waals surface area contributed by atoms with Crippen LogP contribution < -0.4 is 16.3 Å². The van der Waals surface area contributed by atoms with Gasteiger partial charge in [0.1, 0.15) is 6.61 Å². The summed E-state index contributed by atoms with van der Waals surface area (Å²) in [6, 6.07) is 8.99. The highest BCUT2D eigenvalue weighted by Gasteiger charge is 2.45. The quantitative estimate of drug-likeness (QED) is 0.210. The van der Waals surface area contributed by atoms with Crippen LogP contribution in [0.3, 0.4) is 0 Å². The monoisotopic (exact) mass is 523 g/mol. The number of pyridine rings is 2. The molecule has 1 unspecified atom stereocenters. The highest BCUT2D eigenvalue weighted by atomic mass is 35.5. The Morgan fingerprint density at radius 1 is 1.35 bits per heavy atom. The lowest BCUT2D eigenvalue weighted by Crippen LogP contribution is -2.44. The molecule has 0 aliphatic carbocycles. The van der Waals surface area contributed by atoms with Crippen molar-refractivity contribution in [3.8, 4) is 11.4 Å². The van der Waals surface area contributed by atoms with Crippen molar-refractivity contribution in [2.24, 2.45) is 5.10 Å². The van der Waals surface area contributed by atoms with Gasteiger partial charge in [0.2, 0.25) is 0 Å². The SMILES string of the molecule is CC[C@@]1(O)C(=O)OCc2c1cc1n(c2=O)Cc2c-1nc1ccccc1c2C=NNC(=O)C1CCCN1.Cl. The molecule has 0 spiro atoms. The largest absolute Gasteiger partial charge is 0.458 e. The summed E-state index contributed by atoms with van der Waals surface area (Å²) >= 11 is 0. The molecular formula is C26H26ClN5O5. The molecule has 3 aliphatic rings. The Morgan fingerprint density at radius 3 is 2.92 bits per heavy atom. The third-order valence-electron chi connectivity index (χ3n) is 7.38. The zero-order valence-corrected chi connectivity index (χ0v) is 20.9. The number of carbonyl (C=O) groups is 2. The molecule has 10 nitrogen and oxygen atoms in total. The van der Waals surface area contributed by atoms with E-state index >= 15 is 0 Å². The molecule has 0 radical (unpaired) electrons. The third kappa shape index (κ3) is 3.83. The molecule has 2 atom stereocenters. The van der Waals surface area contributed by atoms with Gasteiger partial charge in [0.25, 0.3) is 11.5 Å². The molecule has 1 aromatic carbocycles. The number of esters is 1. The Balaban J connectivity index is 0.00000280. The van der Waals surface area contributed by atoms with E-state index in [0.29, 0.717) is 16.9 Å². The van der Waals surface area contributed by atoms with Gasteiger partial charge < -0.3 is 19.7 Å². The number of benzene rings is 1. The molecule has 1 fully saturated rings. The van der Waals surface area contributed by atoms with Crippen molar-refractivity contribution >= 4 is 41.4 Å². The smallest absolute Gasteiger partial charge is 0.343 e. The molecule has 11 heteroatoms. The molecule has 0 bridgehead atoms. The van der Waals surface area contributed by atoms with Gasteiger partial charge in [-0.2, -0.15) is 5.10 Å². The Morgan fingerprint density at radius 2 is 2.16 bits per heavy atom. The van der Waals surface area contributed by atoms with Gasteiger partial charge in [-0.1, -0.05) is 25.1 Å². The summed E-state index contributed by atoms with van der Waals surface area (Å²) < 4.78 is 6.73. The van der Waals surface area contributed by atoms with Gasteiger partial charge in [0, 0.05) is 22.1 Å². The van der Waals surface area contributed by atoms with E-state index < -0.39 is 11.6 Å². The van der Waals surface area contributed by atoms with E-state index in [0.717, 1.165) is 35.9 Å². The van der Waals surface area contributed by atoms with Crippen LogP contribution >= 0.6 is 12.4 Å². The number of cyclic esters (lactones) is 1. The average molecular weight is 524 g/mol. The second-order valence-electron chi connectivity index (χ2n) is 9.36. The molecule has 3 aliphatic heterocycles. The fourth-order valence-electron chi connectivity index (χ4n) is 5.35. The summed E-state index contributed by atoms with van der Waals surface area (Å²) in [6.07, 6.45) is 3.40. The molecule has 3 aromatic rings. The highest BCUT2D eigenvalue weighted by Crippen LogP contribution is 2.39. The maximum atomic E-state index is 13.5. The van der Waals surface area contributed by atoms with E-state index in [-0.39, 0.29) is 60.6 Å². The predicted octanol–water partition coefficient (Wildman–Crippen LogP) is 1.70. The van der Waals surface area contributed by atoms with Crippen LogP contribution in [0.5, 0.6) is 0 Å². The van der Waals surface area contributed by atoms with Gasteiger partial charge in [0.15, 0.2) is 5.60 Å². The summed E-state index contributed by atoms with van der Waals surface area (Å²) in [5.74, 6) is -0.943. The maximum Gasteiger partial charge on any atom is 0.343 e. The van der Waals surface area contributed by atoms with Crippen LogP contribution in [0.2, 0.25) is 0 Å². The number of rotatable bonds is 4. The molecule has 0 saturated carbocycles. The number of ether oxygens (including phenoxy) is 1. The molecule has 3 N–H and O–H groups in total. The predicted molar refractivity (Wildman–Crippen MR) is 139 cm³/mol. The number of nitrogens with one attached hydrogen (secondary N) is 2. The maximum absolute atomic E-state index is 13.5. The third-order valence-corrected chi connectivity index (χ3v) is 7.38. The summed E-state index contributed by atoms with van der Waals surface area (Å²) in [5.41, 5.74) is 4.27. The van der Waals surface area contributed by atoms with Gasteiger partial charge in [-0.05, 0) is 37.9 Å². The van der Waals surface area contributed by atoms with Gasteiger partial charge >= 0.3 is 5.97 Å². The highest BCUT2D eigenvalue weighted by molar-refractivity contribution is 6.02. The Kier molecular flexibility index (Phi) is 6.35. The summed E-state index contributed by atoms with van der Waals surface area (Å²) in [5, 5.41) is 19.3. The lowest BCUT2D eigenvalue weighted by Gasteiger charge is -2.31. The van der Waals surface area contributed by atoms with Crippen LogP contribution in [0.1, 0.15) is 48.4 Å². The Hall–Kier alpha value is -3.60. The van der Waals surface area contributed by atoms with Crippen LogP contribution in [0.15, 0.2) is 40.2 Å². The first-order chi connectivity index (χ1) is 17.4. The molecule has 37 heavy (non-hydrogen) atoms. The zero-order valence-electron chi connectivity index (χ0n) is 20.1. The lowest BCUT2D eigenvalue weighted by molar-refractivity contribution is -0.172.